The summed E-state index contributed by atoms with van der Waals surface area (Å²) in [5.41, 5.74) is 0.408. The molecule has 130 valence electrons. The maximum Gasteiger partial charge on any atom is 0.243 e. The molecule has 7 nitrogen and oxygen atoms in total. The van der Waals surface area contributed by atoms with Crippen molar-refractivity contribution in [3.63, 3.8) is 0 Å². The van der Waals surface area contributed by atoms with Gasteiger partial charge in [-0.15, -0.1) is 0 Å². The number of rotatable bonds is 9. The standard InChI is InChI=1S/C15H24N2O5S/c1-5-22-14-8-6-13(7-9-14)17(23(4,19)20)12(2)15(18)16-10-11-21-3/h6-9,12H,5,10-11H2,1-4H3,(H,16,18)/t12-/m0/s1. The van der Waals surface area contributed by atoms with Crippen LogP contribution in [0.2, 0.25) is 0 Å². The van der Waals surface area contributed by atoms with E-state index in [1.54, 1.807) is 31.2 Å². The van der Waals surface area contributed by atoms with E-state index in [9.17, 15) is 13.2 Å². The third kappa shape index (κ3) is 5.72. The maximum atomic E-state index is 12.2. The molecule has 1 amide bonds. The molecule has 0 aliphatic heterocycles. The predicted octanol–water partition coefficient (Wildman–Crippen LogP) is 1.00. The lowest BCUT2D eigenvalue weighted by atomic mass is 10.2. The Hall–Kier alpha value is -1.80. The number of carbonyl (C=O) groups is 1. The van der Waals surface area contributed by atoms with Gasteiger partial charge < -0.3 is 14.8 Å². The van der Waals surface area contributed by atoms with E-state index in [1.165, 1.54) is 7.11 Å². The molecule has 0 bridgehead atoms. The van der Waals surface area contributed by atoms with Crippen LogP contribution in [0.5, 0.6) is 5.75 Å². The molecule has 0 aliphatic carbocycles. The molecule has 0 heterocycles. The van der Waals surface area contributed by atoms with E-state index in [2.05, 4.69) is 5.32 Å². The summed E-state index contributed by atoms with van der Waals surface area (Å²) in [6, 6.07) is 5.70. The normalized spacial score (nSPS) is 12.5. The van der Waals surface area contributed by atoms with Gasteiger partial charge in [-0.2, -0.15) is 0 Å². The lowest BCUT2D eigenvalue weighted by Crippen LogP contribution is -2.48. The molecule has 0 saturated heterocycles. The molecule has 0 saturated carbocycles. The highest BCUT2D eigenvalue weighted by Crippen LogP contribution is 2.23. The number of hydrogen-bond donors (Lipinski definition) is 1. The summed E-state index contributed by atoms with van der Waals surface area (Å²) < 4.78 is 35.5. The quantitative estimate of drug-likeness (QED) is 0.676. The minimum absolute atomic E-state index is 0.320. The van der Waals surface area contributed by atoms with E-state index < -0.39 is 16.1 Å². The summed E-state index contributed by atoms with van der Waals surface area (Å²) in [6.45, 7) is 4.61. The highest BCUT2D eigenvalue weighted by molar-refractivity contribution is 7.92. The van der Waals surface area contributed by atoms with Crippen LogP contribution in [0, 0.1) is 0 Å². The first-order valence-electron chi connectivity index (χ1n) is 7.30. The van der Waals surface area contributed by atoms with Crippen molar-refractivity contribution in [2.45, 2.75) is 19.9 Å². The van der Waals surface area contributed by atoms with Crippen molar-refractivity contribution in [1.29, 1.82) is 0 Å². The average molecular weight is 344 g/mol. The number of carbonyl (C=O) groups excluding carboxylic acids is 1. The monoisotopic (exact) mass is 344 g/mol. The molecule has 0 aromatic heterocycles. The molecule has 0 spiro atoms. The van der Waals surface area contributed by atoms with Crippen LogP contribution in [0.4, 0.5) is 5.69 Å². The van der Waals surface area contributed by atoms with E-state index in [0.29, 0.717) is 31.2 Å². The second-order valence-corrected chi connectivity index (χ2v) is 6.80. The van der Waals surface area contributed by atoms with Crippen molar-refractivity contribution in [3.05, 3.63) is 24.3 Å². The van der Waals surface area contributed by atoms with Crippen LogP contribution >= 0.6 is 0 Å². The molecular weight excluding hydrogens is 320 g/mol. The molecule has 1 N–H and O–H groups in total. The first-order valence-corrected chi connectivity index (χ1v) is 9.15. The Morgan fingerprint density at radius 3 is 2.39 bits per heavy atom. The van der Waals surface area contributed by atoms with Crippen LogP contribution in [-0.2, 0) is 19.6 Å². The summed E-state index contributed by atoms with van der Waals surface area (Å²) in [6.07, 6.45) is 1.07. The molecule has 0 radical (unpaired) electrons. The molecule has 23 heavy (non-hydrogen) atoms. The lowest BCUT2D eigenvalue weighted by molar-refractivity contribution is -0.122. The number of amides is 1. The number of anilines is 1. The third-order valence-corrected chi connectivity index (χ3v) is 4.34. The van der Waals surface area contributed by atoms with Crippen molar-refractivity contribution >= 4 is 21.6 Å². The minimum Gasteiger partial charge on any atom is -0.494 e. The van der Waals surface area contributed by atoms with Crippen molar-refractivity contribution in [2.24, 2.45) is 0 Å². The minimum atomic E-state index is -3.62. The van der Waals surface area contributed by atoms with Gasteiger partial charge in [-0.1, -0.05) is 0 Å². The lowest BCUT2D eigenvalue weighted by Gasteiger charge is -2.28. The van der Waals surface area contributed by atoms with E-state index in [0.717, 1.165) is 10.6 Å². The molecule has 0 aliphatic rings. The number of benzene rings is 1. The SMILES string of the molecule is CCOc1ccc(N([C@@H](C)C(=O)NCCOC)S(C)(=O)=O)cc1. The molecular formula is C15H24N2O5S. The van der Waals surface area contributed by atoms with Crippen molar-refractivity contribution in [2.75, 3.05) is 37.4 Å². The molecule has 1 atom stereocenters. The number of sulfonamides is 1. The van der Waals surface area contributed by atoms with Gasteiger partial charge in [0.05, 0.1) is 25.2 Å². The third-order valence-electron chi connectivity index (χ3n) is 3.10. The number of nitrogens with zero attached hydrogens (tertiary/aromatic N) is 1. The Morgan fingerprint density at radius 1 is 1.30 bits per heavy atom. The van der Waals surface area contributed by atoms with Crippen molar-refractivity contribution in [3.8, 4) is 5.75 Å². The summed E-state index contributed by atoms with van der Waals surface area (Å²) in [5.74, 6) is 0.253. The molecule has 1 rings (SSSR count). The van der Waals surface area contributed by atoms with Crippen LogP contribution in [-0.4, -0.2) is 53.5 Å². The number of nitrogens with one attached hydrogen (secondary N) is 1. The number of ether oxygens (including phenoxy) is 2. The summed E-state index contributed by atoms with van der Waals surface area (Å²) in [4.78, 5) is 12.2. The highest BCUT2D eigenvalue weighted by atomic mass is 32.2. The number of methoxy groups -OCH3 is 1. The first kappa shape index (κ1) is 19.2. The molecule has 8 heteroatoms. The van der Waals surface area contributed by atoms with Gasteiger partial charge in [0, 0.05) is 13.7 Å². The highest BCUT2D eigenvalue weighted by Gasteiger charge is 2.28. The smallest absolute Gasteiger partial charge is 0.243 e. The Bertz CT molecular complexity index is 601. The largest absolute Gasteiger partial charge is 0.494 e. The Morgan fingerprint density at radius 2 is 1.91 bits per heavy atom. The van der Waals surface area contributed by atoms with Gasteiger partial charge in [0.25, 0.3) is 0 Å². The van der Waals surface area contributed by atoms with Crippen molar-refractivity contribution < 1.29 is 22.7 Å². The Kier molecular flexibility index (Phi) is 7.31. The van der Waals surface area contributed by atoms with Gasteiger partial charge in [-0.25, -0.2) is 8.42 Å². The van der Waals surface area contributed by atoms with E-state index >= 15 is 0 Å². The van der Waals surface area contributed by atoms with Gasteiger partial charge in [-0.3, -0.25) is 9.10 Å². The molecule has 1 aromatic carbocycles. The van der Waals surface area contributed by atoms with Gasteiger partial charge in [0.2, 0.25) is 15.9 Å². The van der Waals surface area contributed by atoms with Crippen LogP contribution < -0.4 is 14.4 Å². The van der Waals surface area contributed by atoms with Crippen LogP contribution in [0.3, 0.4) is 0 Å². The fraction of sp³-hybridized carbons (Fsp3) is 0.533. The second kappa shape index (κ2) is 8.73. The first-order chi connectivity index (χ1) is 10.8. The average Bonchev–Trinajstić information content (AvgIpc) is 2.48. The van der Waals surface area contributed by atoms with E-state index in [4.69, 9.17) is 9.47 Å². The van der Waals surface area contributed by atoms with E-state index in [-0.39, 0.29) is 5.91 Å². The van der Waals surface area contributed by atoms with Crippen LogP contribution in [0.25, 0.3) is 0 Å². The van der Waals surface area contributed by atoms with Crippen LogP contribution in [0.1, 0.15) is 13.8 Å². The Balaban J connectivity index is 2.98. The van der Waals surface area contributed by atoms with Gasteiger partial charge in [0.1, 0.15) is 11.8 Å². The summed E-state index contributed by atoms with van der Waals surface area (Å²) in [7, 11) is -2.09. The topological polar surface area (TPSA) is 84.9 Å². The van der Waals surface area contributed by atoms with Gasteiger partial charge in [0.15, 0.2) is 0 Å². The zero-order valence-electron chi connectivity index (χ0n) is 13.9. The fourth-order valence-corrected chi connectivity index (χ4v) is 3.26. The number of hydrogen-bond acceptors (Lipinski definition) is 5. The fourth-order valence-electron chi connectivity index (χ4n) is 2.09. The predicted molar refractivity (Wildman–Crippen MR) is 89.3 cm³/mol. The van der Waals surface area contributed by atoms with Gasteiger partial charge >= 0.3 is 0 Å². The van der Waals surface area contributed by atoms with E-state index in [1.807, 2.05) is 6.92 Å². The van der Waals surface area contributed by atoms with Gasteiger partial charge in [-0.05, 0) is 38.1 Å². The molecule has 0 unspecified atom stereocenters. The summed E-state index contributed by atoms with van der Waals surface area (Å²) >= 11 is 0. The second-order valence-electron chi connectivity index (χ2n) is 4.95. The summed E-state index contributed by atoms with van der Waals surface area (Å²) in [5, 5.41) is 2.64. The zero-order valence-corrected chi connectivity index (χ0v) is 14.7. The molecule has 0 fully saturated rings. The molecule has 1 aromatic rings. The zero-order chi connectivity index (χ0) is 17.5. The van der Waals surface area contributed by atoms with Crippen LogP contribution in [0.15, 0.2) is 24.3 Å². The van der Waals surface area contributed by atoms with Crippen molar-refractivity contribution in [1.82, 2.24) is 5.32 Å². The Labute approximate surface area is 137 Å². The maximum absolute atomic E-state index is 12.2.